The van der Waals surface area contributed by atoms with Crippen molar-refractivity contribution >= 4 is 34.2 Å². The number of aromatic nitrogens is 1. The van der Waals surface area contributed by atoms with Gasteiger partial charge in [-0.05, 0) is 64.9 Å². The van der Waals surface area contributed by atoms with Crippen molar-refractivity contribution in [2.75, 3.05) is 12.4 Å². The van der Waals surface area contributed by atoms with Crippen LogP contribution in [-0.4, -0.2) is 29.6 Å². The number of hydrogen-bond acceptors (Lipinski definition) is 5. The third-order valence-corrected chi connectivity index (χ3v) is 5.33. The van der Waals surface area contributed by atoms with Crippen molar-refractivity contribution in [2.24, 2.45) is 0 Å². The zero-order chi connectivity index (χ0) is 24.8. The van der Waals surface area contributed by atoms with Crippen LogP contribution in [0, 0.1) is 0 Å². The molecule has 0 unspecified atom stereocenters. The quantitative estimate of drug-likeness (QED) is 0.360. The molecule has 1 heterocycles. The van der Waals surface area contributed by atoms with Crippen LogP contribution in [0.5, 0.6) is 11.5 Å². The molecule has 0 fully saturated rings. The summed E-state index contributed by atoms with van der Waals surface area (Å²) in [4.78, 5) is 40.6. The van der Waals surface area contributed by atoms with Gasteiger partial charge in [0, 0.05) is 36.9 Å². The van der Waals surface area contributed by atoms with Crippen molar-refractivity contribution < 1.29 is 19.1 Å². The Hall–Kier alpha value is -4.78. The molecule has 2 N–H and O–H groups in total. The minimum absolute atomic E-state index is 0.118. The standard InChI is InChI=1S/C28H23N3O4/c1-3-21(32)15-18-6-4-8-20(14-18)27(33)31-26-17-23(12-13-30-26)35-22-10-11-24-19(16-22)7-5-9-25(24)28(34)29-2/h3-14,16-17H,1,15H2,2H3,(H,29,34)(H,30,31,33). The lowest BCUT2D eigenvalue weighted by molar-refractivity contribution is -0.114. The molecule has 7 heteroatoms. The van der Waals surface area contributed by atoms with E-state index in [-0.39, 0.29) is 24.0 Å². The van der Waals surface area contributed by atoms with Gasteiger partial charge in [-0.25, -0.2) is 4.98 Å². The van der Waals surface area contributed by atoms with Crippen LogP contribution in [0.2, 0.25) is 0 Å². The molecule has 0 atom stereocenters. The predicted molar refractivity (Wildman–Crippen MR) is 135 cm³/mol. The van der Waals surface area contributed by atoms with E-state index in [9.17, 15) is 14.4 Å². The summed E-state index contributed by atoms with van der Waals surface area (Å²) in [5, 5.41) is 7.08. The second-order valence-corrected chi connectivity index (χ2v) is 7.75. The molecule has 0 saturated heterocycles. The van der Waals surface area contributed by atoms with E-state index in [1.54, 1.807) is 55.6 Å². The molecule has 174 valence electrons. The first kappa shape index (κ1) is 23.4. The maximum absolute atomic E-state index is 12.7. The van der Waals surface area contributed by atoms with Crippen molar-refractivity contribution in [1.29, 1.82) is 0 Å². The van der Waals surface area contributed by atoms with Crippen LogP contribution in [0.15, 0.2) is 91.6 Å². The van der Waals surface area contributed by atoms with Crippen LogP contribution < -0.4 is 15.4 Å². The number of nitrogens with one attached hydrogen (secondary N) is 2. The number of amides is 2. The van der Waals surface area contributed by atoms with E-state index in [0.29, 0.717) is 28.4 Å². The van der Waals surface area contributed by atoms with Crippen LogP contribution in [0.25, 0.3) is 10.8 Å². The van der Waals surface area contributed by atoms with Crippen LogP contribution in [-0.2, 0) is 11.2 Å². The molecular formula is C28H23N3O4. The summed E-state index contributed by atoms with van der Waals surface area (Å²) in [5.74, 6) is 0.763. The number of allylic oxidation sites excluding steroid dienone is 1. The van der Waals surface area contributed by atoms with Gasteiger partial charge in [-0.1, -0.05) is 30.8 Å². The molecule has 0 spiro atoms. The maximum atomic E-state index is 12.7. The third kappa shape index (κ3) is 5.59. The van der Waals surface area contributed by atoms with Gasteiger partial charge in [-0.15, -0.1) is 0 Å². The summed E-state index contributed by atoms with van der Waals surface area (Å²) in [6.07, 6.45) is 2.98. The lowest BCUT2D eigenvalue weighted by Gasteiger charge is -2.11. The summed E-state index contributed by atoms with van der Waals surface area (Å²) in [6, 6.07) is 21.1. The van der Waals surface area contributed by atoms with Gasteiger partial charge in [0.2, 0.25) is 0 Å². The number of anilines is 1. The van der Waals surface area contributed by atoms with E-state index in [4.69, 9.17) is 4.74 Å². The fourth-order valence-corrected chi connectivity index (χ4v) is 3.62. The van der Waals surface area contributed by atoms with Gasteiger partial charge in [0.25, 0.3) is 11.8 Å². The monoisotopic (exact) mass is 465 g/mol. The smallest absolute Gasteiger partial charge is 0.256 e. The molecule has 4 aromatic rings. The Labute approximate surface area is 202 Å². The minimum Gasteiger partial charge on any atom is -0.457 e. The molecule has 0 aliphatic carbocycles. The lowest BCUT2D eigenvalue weighted by atomic mass is 10.0. The van der Waals surface area contributed by atoms with E-state index < -0.39 is 0 Å². The molecule has 3 aromatic carbocycles. The molecule has 7 nitrogen and oxygen atoms in total. The zero-order valence-electron chi connectivity index (χ0n) is 19.1. The zero-order valence-corrected chi connectivity index (χ0v) is 19.1. The van der Waals surface area contributed by atoms with Crippen LogP contribution in [0.1, 0.15) is 26.3 Å². The van der Waals surface area contributed by atoms with Gasteiger partial charge in [0.05, 0.1) is 0 Å². The second-order valence-electron chi connectivity index (χ2n) is 7.75. The predicted octanol–water partition coefficient (Wildman–Crippen LogP) is 4.94. The summed E-state index contributed by atoms with van der Waals surface area (Å²) in [6.45, 7) is 3.47. The normalized spacial score (nSPS) is 10.4. The van der Waals surface area contributed by atoms with Crippen molar-refractivity contribution in [3.8, 4) is 11.5 Å². The molecule has 1 aromatic heterocycles. The van der Waals surface area contributed by atoms with E-state index in [2.05, 4.69) is 22.2 Å². The molecular weight excluding hydrogens is 442 g/mol. The first-order valence-electron chi connectivity index (χ1n) is 10.9. The number of hydrogen-bond donors (Lipinski definition) is 2. The summed E-state index contributed by atoms with van der Waals surface area (Å²) >= 11 is 0. The average Bonchev–Trinajstić information content (AvgIpc) is 2.88. The van der Waals surface area contributed by atoms with Crippen LogP contribution >= 0.6 is 0 Å². The summed E-state index contributed by atoms with van der Waals surface area (Å²) < 4.78 is 5.98. The molecule has 0 saturated carbocycles. The highest BCUT2D eigenvalue weighted by Gasteiger charge is 2.11. The molecule has 0 radical (unpaired) electrons. The minimum atomic E-state index is -0.352. The van der Waals surface area contributed by atoms with E-state index >= 15 is 0 Å². The Kier molecular flexibility index (Phi) is 6.97. The van der Waals surface area contributed by atoms with E-state index in [1.165, 1.54) is 12.3 Å². The molecule has 0 bridgehead atoms. The van der Waals surface area contributed by atoms with Crippen LogP contribution in [0.4, 0.5) is 5.82 Å². The fourth-order valence-electron chi connectivity index (χ4n) is 3.62. The highest BCUT2D eigenvalue weighted by molar-refractivity contribution is 6.07. The Morgan fingerprint density at radius 2 is 1.74 bits per heavy atom. The topological polar surface area (TPSA) is 97.4 Å². The first-order valence-corrected chi connectivity index (χ1v) is 10.9. The summed E-state index contributed by atoms with van der Waals surface area (Å²) in [7, 11) is 1.60. The van der Waals surface area contributed by atoms with Gasteiger partial charge in [0.15, 0.2) is 5.78 Å². The number of pyridine rings is 1. The van der Waals surface area contributed by atoms with Crippen molar-refractivity contribution in [1.82, 2.24) is 10.3 Å². The number of ketones is 1. The fraction of sp³-hybridized carbons (Fsp3) is 0.0714. The van der Waals surface area contributed by atoms with Gasteiger partial charge in [0.1, 0.15) is 17.3 Å². The Morgan fingerprint density at radius 3 is 2.54 bits per heavy atom. The van der Waals surface area contributed by atoms with Crippen molar-refractivity contribution in [2.45, 2.75) is 6.42 Å². The number of carbonyl (C=O) groups is 3. The highest BCUT2D eigenvalue weighted by atomic mass is 16.5. The summed E-state index contributed by atoms with van der Waals surface area (Å²) in [5.41, 5.74) is 1.72. The average molecular weight is 466 g/mol. The van der Waals surface area contributed by atoms with Gasteiger partial charge < -0.3 is 15.4 Å². The molecule has 35 heavy (non-hydrogen) atoms. The van der Waals surface area contributed by atoms with Gasteiger partial charge in [-0.2, -0.15) is 0 Å². The number of carbonyl (C=O) groups excluding carboxylic acids is 3. The third-order valence-electron chi connectivity index (χ3n) is 5.33. The van der Waals surface area contributed by atoms with Gasteiger partial charge in [-0.3, -0.25) is 14.4 Å². The largest absolute Gasteiger partial charge is 0.457 e. The Bertz CT molecular complexity index is 1450. The molecule has 4 rings (SSSR count). The highest BCUT2D eigenvalue weighted by Crippen LogP contribution is 2.28. The number of nitrogens with zero attached hydrogens (tertiary/aromatic N) is 1. The molecule has 2 amide bonds. The van der Waals surface area contributed by atoms with Crippen LogP contribution in [0.3, 0.4) is 0 Å². The second kappa shape index (κ2) is 10.4. The Morgan fingerprint density at radius 1 is 0.943 bits per heavy atom. The Balaban J connectivity index is 1.50. The van der Waals surface area contributed by atoms with Crippen molar-refractivity contribution in [3.63, 3.8) is 0 Å². The van der Waals surface area contributed by atoms with Crippen molar-refractivity contribution in [3.05, 3.63) is 108 Å². The number of fused-ring (bicyclic) bond motifs is 1. The SMILES string of the molecule is C=CC(=O)Cc1cccc(C(=O)Nc2cc(Oc3ccc4c(C(=O)NC)cccc4c3)ccn2)c1. The van der Waals surface area contributed by atoms with E-state index in [0.717, 1.165) is 16.3 Å². The number of ether oxygens (including phenoxy) is 1. The number of benzene rings is 3. The first-order chi connectivity index (χ1) is 17.0. The lowest BCUT2D eigenvalue weighted by Crippen LogP contribution is -2.17. The molecule has 0 aliphatic rings. The number of rotatable bonds is 8. The van der Waals surface area contributed by atoms with E-state index in [1.807, 2.05) is 24.3 Å². The maximum Gasteiger partial charge on any atom is 0.256 e. The molecule has 0 aliphatic heterocycles. The van der Waals surface area contributed by atoms with Gasteiger partial charge >= 0.3 is 0 Å².